The maximum atomic E-state index is 4.45. The van der Waals surface area contributed by atoms with Crippen molar-refractivity contribution >= 4 is 38.6 Å². The summed E-state index contributed by atoms with van der Waals surface area (Å²) in [6.07, 6.45) is 1.90. The standard InChI is InChI=1S/C12H11N3S2/c1-8-15-11-3-2-9(4-12(11)17-8)14-6-10-5-13-7-16-10/h2-5,7,14H,6H2,1H3. The summed E-state index contributed by atoms with van der Waals surface area (Å²) < 4.78 is 1.23. The minimum absolute atomic E-state index is 0.827. The maximum absolute atomic E-state index is 4.45. The minimum Gasteiger partial charge on any atom is -0.380 e. The Bertz CT molecular complexity index is 628. The van der Waals surface area contributed by atoms with Crippen LogP contribution in [0.5, 0.6) is 0 Å². The van der Waals surface area contributed by atoms with E-state index >= 15 is 0 Å². The number of hydrogen-bond acceptors (Lipinski definition) is 5. The Morgan fingerprint density at radius 1 is 1.35 bits per heavy atom. The van der Waals surface area contributed by atoms with Crippen LogP contribution < -0.4 is 5.32 Å². The van der Waals surface area contributed by atoms with E-state index in [1.54, 1.807) is 22.7 Å². The molecule has 0 radical (unpaired) electrons. The lowest BCUT2D eigenvalue weighted by molar-refractivity contribution is 1.18. The van der Waals surface area contributed by atoms with Gasteiger partial charge < -0.3 is 5.32 Å². The first-order valence-electron chi connectivity index (χ1n) is 5.30. The molecule has 2 heterocycles. The van der Waals surface area contributed by atoms with Gasteiger partial charge in [-0.05, 0) is 25.1 Å². The van der Waals surface area contributed by atoms with Gasteiger partial charge in [0.1, 0.15) is 0 Å². The van der Waals surface area contributed by atoms with Crippen LogP contribution >= 0.6 is 22.7 Å². The predicted molar refractivity (Wildman–Crippen MR) is 73.8 cm³/mol. The Balaban J connectivity index is 1.81. The van der Waals surface area contributed by atoms with Crippen molar-refractivity contribution in [3.8, 4) is 0 Å². The molecule has 0 fully saturated rings. The van der Waals surface area contributed by atoms with Crippen molar-refractivity contribution in [3.05, 3.63) is 39.8 Å². The van der Waals surface area contributed by atoms with E-state index in [-0.39, 0.29) is 0 Å². The SMILES string of the molecule is Cc1nc2ccc(NCc3cncs3)cc2s1. The van der Waals surface area contributed by atoms with Gasteiger partial charge in [0.05, 0.1) is 27.3 Å². The van der Waals surface area contributed by atoms with E-state index in [2.05, 4.69) is 33.5 Å². The Morgan fingerprint density at radius 3 is 3.12 bits per heavy atom. The fourth-order valence-corrected chi connectivity index (χ4v) is 3.07. The topological polar surface area (TPSA) is 37.8 Å². The number of thiazole rings is 2. The number of nitrogens with one attached hydrogen (secondary N) is 1. The van der Waals surface area contributed by atoms with E-state index in [1.165, 1.54) is 9.58 Å². The molecular weight excluding hydrogens is 250 g/mol. The molecule has 0 aliphatic rings. The average molecular weight is 261 g/mol. The number of hydrogen-bond donors (Lipinski definition) is 1. The highest BCUT2D eigenvalue weighted by Crippen LogP contribution is 2.25. The third-order valence-corrected chi connectivity index (χ3v) is 4.16. The van der Waals surface area contributed by atoms with Gasteiger partial charge in [-0.2, -0.15) is 0 Å². The molecule has 0 atom stereocenters. The molecule has 0 aliphatic heterocycles. The van der Waals surface area contributed by atoms with E-state index in [1.807, 2.05) is 18.6 Å². The van der Waals surface area contributed by atoms with Gasteiger partial charge in [0.15, 0.2) is 0 Å². The first-order valence-corrected chi connectivity index (χ1v) is 6.99. The number of nitrogens with zero attached hydrogens (tertiary/aromatic N) is 2. The normalized spacial score (nSPS) is 10.9. The lowest BCUT2D eigenvalue weighted by atomic mass is 10.3. The lowest BCUT2D eigenvalue weighted by Gasteiger charge is -2.03. The zero-order valence-corrected chi connectivity index (χ0v) is 10.9. The fraction of sp³-hybridized carbons (Fsp3) is 0.167. The molecule has 17 heavy (non-hydrogen) atoms. The van der Waals surface area contributed by atoms with Crippen LogP contribution in [-0.4, -0.2) is 9.97 Å². The second-order valence-electron chi connectivity index (χ2n) is 3.74. The van der Waals surface area contributed by atoms with Gasteiger partial charge in [-0.1, -0.05) is 0 Å². The van der Waals surface area contributed by atoms with Crippen molar-refractivity contribution in [2.24, 2.45) is 0 Å². The van der Waals surface area contributed by atoms with E-state index in [0.717, 1.165) is 22.8 Å². The lowest BCUT2D eigenvalue weighted by Crippen LogP contribution is -1.96. The summed E-state index contributed by atoms with van der Waals surface area (Å²) in [5.41, 5.74) is 4.07. The second kappa shape index (κ2) is 4.43. The number of fused-ring (bicyclic) bond motifs is 1. The summed E-state index contributed by atoms with van der Waals surface area (Å²) in [7, 11) is 0. The van der Waals surface area contributed by atoms with Crippen LogP contribution in [0.15, 0.2) is 29.9 Å². The first kappa shape index (κ1) is 10.7. The monoisotopic (exact) mass is 261 g/mol. The van der Waals surface area contributed by atoms with Gasteiger partial charge in [-0.25, -0.2) is 4.98 Å². The molecule has 0 unspecified atom stereocenters. The van der Waals surface area contributed by atoms with Gasteiger partial charge in [-0.15, -0.1) is 22.7 Å². The first-order chi connectivity index (χ1) is 8.31. The smallest absolute Gasteiger partial charge is 0.0907 e. The van der Waals surface area contributed by atoms with E-state index < -0.39 is 0 Å². The molecule has 86 valence electrons. The van der Waals surface area contributed by atoms with Crippen molar-refractivity contribution in [1.82, 2.24) is 9.97 Å². The number of aromatic nitrogens is 2. The summed E-state index contributed by atoms with van der Waals surface area (Å²) in [6.45, 7) is 2.86. The summed E-state index contributed by atoms with van der Waals surface area (Å²) in [5.74, 6) is 0. The number of benzene rings is 1. The fourth-order valence-electron chi connectivity index (χ4n) is 1.67. The van der Waals surface area contributed by atoms with Crippen LogP contribution in [0.3, 0.4) is 0 Å². The molecule has 3 nitrogen and oxygen atoms in total. The number of anilines is 1. The molecule has 3 aromatic rings. The van der Waals surface area contributed by atoms with Gasteiger partial charge >= 0.3 is 0 Å². The van der Waals surface area contributed by atoms with Crippen LogP contribution in [0.1, 0.15) is 9.88 Å². The second-order valence-corrected chi connectivity index (χ2v) is 5.94. The van der Waals surface area contributed by atoms with Crippen LogP contribution in [0.4, 0.5) is 5.69 Å². The van der Waals surface area contributed by atoms with Gasteiger partial charge in [0.25, 0.3) is 0 Å². The van der Waals surface area contributed by atoms with Crippen LogP contribution in [-0.2, 0) is 6.54 Å². The third-order valence-electron chi connectivity index (χ3n) is 2.45. The van der Waals surface area contributed by atoms with E-state index in [9.17, 15) is 0 Å². The molecule has 0 spiro atoms. The Kier molecular flexibility index (Phi) is 2.78. The van der Waals surface area contributed by atoms with Crippen molar-refractivity contribution in [2.45, 2.75) is 13.5 Å². The summed E-state index contributed by atoms with van der Waals surface area (Å²) in [4.78, 5) is 9.75. The third kappa shape index (κ3) is 2.30. The highest BCUT2D eigenvalue weighted by molar-refractivity contribution is 7.18. The minimum atomic E-state index is 0.827. The maximum Gasteiger partial charge on any atom is 0.0907 e. The van der Waals surface area contributed by atoms with Crippen molar-refractivity contribution < 1.29 is 0 Å². The molecule has 0 saturated heterocycles. The molecule has 0 amide bonds. The molecule has 3 rings (SSSR count). The molecule has 0 bridgehead atoms. The zero-order chi connectivity index (χ0) is 11.7. The summed E-state index contributed by atoms with van der Waals surface area (Å²) >= 11 is 3.40. The number of rotatable bonds is 3. The Labute approximate surface area is 107 Å². The van der Waals surface area contributed by atoms with Gasteiger partial charge in [0.2, 0.25) is 0 Å². The predicted octanol–water partition coefficient (Wildman–Crippen LogP) is 3.67. The Hall–Kier alpha value is -1.46. The largest absolute Gasteiger partial charge is 0.380 e. The molecule has 2 aromatic heterocycles. The summed E-state index contributed by atoms with van der Waals surface area (Å²) in [5, 5.41) is 4.51. The van der Waals surface area contributed by atoms with Crippen molar-refractivity contribution in [2.75, 3.05) is 5.32 Å². The molecule has 1 N–H and O–H groups in total. The highest BCUT2D eigenvalue weighted by Gasteiger charge is 2.01. The van der Waals surface area contributed by atoms with Gasteiger partial charge in [0, 0.05) is 16.8 Å². The van der Waals surface area contributed by atoms with Gasteiger partial charge in [-0.3, -0.25) is 4.98 Å². The van der Waals surface area contributed by atoms with Crippen LogP contribution in [0, 0.1) is 6.92 Å². The number of aryl methyl sites for hydroxylation is 1. The van der Waals surface area contributed by atoms with Crippen molar-refractivity contribution in [3.63, 3.8) is 0 Å². The van der Waals surface area contributed by atoms with E-state index in [0.29, 0.717) is 0 Å². The average Bonchev–Trinajstić information content (AvgIpc) is 2.92. The molecular formula is C12H11N3S2. The van der Waals surface area contributed by atoms with E-state index in [4.69, 9.17) is 0 Å². The molecule has 0 saturated carbocycles. The molecule has 1 aromatic carbocycles. The zero-order valence-electron chi connectivity index (χ0n) is 9.30. The molecule has 0 aliphatic carbocycles. The molecule has 5 heteroatoms. The van der Waals surface area contributed by atoms with Crippen molar-refractivity contribution in [1.29, 1.82) is 0 Å². The summed E-state index contributed by atoms with van der Waals surface area (Å²) in [6, 6.07) is 6.29. The van der Waals surface area contributed by atoms with Crippen LogP contribution in [0.2, 0.25) is 0 Å². The van der Waals surface area contributed by atoms with Crippen LogP contribution in [0.25, 0.3) is 10.2 Å². The highest BCUT2D eigenvalue weighted by atomic mass is 32.1. The Morgan fingerprint density at radius 2 is 2.29 bits per heavy atom. The quantitative estimate of drug-likeness (QED) is 0.781.